The summed E-state index contributed by atoms with van der Waals surface area (Å²) in [6, 6.07) is 10.8. The maximum absolute atomic E-state index is 13.1. The lowest BCUT2D eigenvalue weighted by molar-refractivity contribution is -0.126. The average molecular weight is 408 g/mol. The monoisotopic (exact) mass is 407 g/mol. The largest absolute Gasteiger partial charge is 0.338 e. The maximum Gasteiger partial charge on any atom is 0.255 e. The van der Waals surface area contributed by atoms with E-state index < -0.39 is 0 Å². The fourth-order valence-electron chi connectivity index (χ4n) is 5.46. The number of hydrogen-bond acceptors (Lipinski definition) is 3. The zero-order chi connectivity index (χ0) is 21.4. The van der Waals surface area contributed by atoms with Gasteiger partial charge in [0, 0.05) is 32.7 Å². The van der Waals surface area contributed by atoms with Crippen molar-refractivity contribution in [3.8, 4) is 0 Å². The van der Waals surface area contributed by atoms with E-state index in [2.05, 4.69) is 54.1 Å². The highest BCUT2D eigenvalue weighted by Crippen LogP contribution is 2.34. The Morgan fingerprint density at radius 2 is 1.70 bits per heavy atom. The van der Waals surface area contributed by atoms with Gasteiger partial charge in [-0.2, -0.15) is 0 Å². The van der Waals surface area contributed by atoms with Gasteiger partial charge in [-0.05, 0) is 48.7 Å². The predicted molar refractivity (Wildman–Crippen MR) is 119 cm³/mol. The van der Waals surface area contributed by atoms with Gasteiger partial charge in [0.15, 0.2) is 0 Å². The molecule has 2 saturated heterocycles. The van der Waals surface area contributed by atoms with Gasteiger partial charge in [0.05, 0.1) is 17.7 Å². The molecule has 5 heteroatoms. The van der Waals surface area contributed by atoms with Gasteiger partial charge in [0.25, 0.3) is 5.91 Å². The lowest BCUT2D eigenvalue weighted by Crippen LogP contribution is -2.37. The molecule has 2 fully saturated rings. The van der Waals surface area contributed by atoms with Gasteiger partial charge < -0.3 is 9.80 Å². The molecule has 3 heterocycles. The number of amides is 2. The van der Waals surface area contributed by atoms with E-state index in [-0.39, 0.29) is 18.2 Å². The van der Waals surface area contributed by atoms with Crippen LogP contribution in [0.2, 0.25) is 0 Å². The molecule has 0 N–H and O–H groups in total. The van der Waals surface area contributed by atoms with Crippen LogP contribution in [-0.4, -0.2) is 60.0 Å². The Hall–Kier alpha value is -2.27. The second-order valence-corrected chi connectivity index (χ2v) is 9.55. The SMILES string of the molecule is CC1=NC(=O)CC(C)=C1C(=O)N1CC2CN(CC(C)[C@@H](C)c3ccccc3)CC2C1. The van der Waals surface area contributed by atoms with Crippen LogP contribution in [0.25, 0.3) is 0 Å². The third-order valence-electron chi connectivity index (χ3n) is 7.29. The van der Waals surface area contributed by atoms with E-state index in [0.717, 1.165) is 38.3 Å². The molecule has 1 aromatic carbocycles. The molecule has 1 aromatic rings. The summed E-state index contributed by atoms with van der Waals surface area (Å²) in [5.41, 5.74) is 3.51. The molecule has 3 unspecified atom stereocenters. The summed E-state index contributed by atoms with van der Waals surface area (Å²) in [6.07, 6.45) is 0.268. The first-order valence-corrected chi connectivity index (χ1v) is 11.2. The van der Waals surface area contributed by atoms with E-state index in [1.807, 2.05) is 11.8 Å². The van der Waals surface area contributed by atoms with Crippen molar-refractivity contribution >= 4 is 17.5 Å². The fourth-order valence-corrected chi connectivity index (χ4v) is 5.46. The van der Waals surface area contributed by atoms with E-state index in [0.29, 0.717) is 35.0 Å². The van der Waals surface area contributed by atoms with Crippen molar-refractivity contribution in [2.75, 3.05) is 32.7 Å². The van der Waals surface area contributed by atoms with Crippen molar-refractivity contribution in [2.45, 2.75) is 40.0 Å². The molecular formula is C25H33N3O2. The van der Waals surface area contributed by atoms with Crippen molar-refractivity contribution in [1.82, 2.24) is 9.80 Å². The van der Waals surface area contributed by atoms with Crippen LogP contribution in [0, 0.1) is 17.8 Å². The van der Waals surface area contributed by atoms with Gasteiger partial charge in [-0.15, -0.1) is 0 Å². The number of aliphatic imine (C=N–C) groups is 1. The summed E-state index contributed by atoms with van der Waals surface area (Å²) in [7, 11) is 0. The summed E-state index contributed by atoms with van der Waals surface area (Å²) in [5, 5.41) is 0. The molecule has 4 atom stereocenters. The molecule has 5 nitrogen and oxygen atoms in total. The number of likely N-dealkylation sites (tertiary alicyclic amines) is 2. The number of fused-ring (bicyclic) bond motifs is 1. The Labute approximate surface area is 179 Å². The van der Waals surface area contributed by atoms with Gasteiger partial charge in [0.2, 0.25) is 5.91 Å². The number of nitrogens with zero attached hydrogens (tertiary/aromatic N) is 3. The summed E-state index contributed by atoms with van der Waals surface area (Å²) in [4.78, 5) is 33.4. The van der Waals surface area contributed by atoms with Gasteiger partial charge in [-0.3, -0.25) is 9.59 Å². The Balaban J connectivity index is 1.33. The average Bonchev–Trinajstić information content (AvgIpc) is 3.25. The van der Waals surface area contributed by atoms with Gasteiger partial charge in [0.1, 0.15) is 0 Å². The Kier molecular flexibility index (Phi) is 5.92. The van der Waals surface area contributed by atoms with Crippen LogP contribution < -0.4 is 0 Å². The highest BCUT2D eigenvalue weighted by atomic mass is 16.2. The van der Waals surface area contributed by atoms with Crippen LogP contribution >= 0.6 is 0 Å². The van der Waals surface area contributed by atoms with Crippen LogP contribution in [0.3, 0.4) is 0 Å². The van der Waals surface area contributed by atoms with E-state index in [1.165, 1.54) is 5.56 Å². The molecule has 3 aliphatic rings. The molecule has 0 saturated carbocycles. The molecule has 30 heavy (non-hydrogen) atoms. The van der Waals surface area contributed by atoms with Gasteiger partial charge in [-0.1, -0.05) is 44.2 Å². The first-order valence-electron chi connectivity index (χ1n) is 11.2. The summed E-state index contributed by atoms with van der Waals surface area (Å²) >= 11 is 0. The molecule has 0 spiro atoms. The van der Waals surface area contributed by atoms with Crippen molar-refractivity contribution in [3.63, 3.8) is 0 Å². The van der Waals surface area contributed by atoms with Crippen molar-refractivity contribution < 1.29 is 9.59 Å². The maximum atomic E-state index is 13.1. The standard InChI is InChI=1S/C25H33N3O2/c1-16-10-23(29)26-19(4)24(16)25(30)28-14-21-12-27(13-22(21)15-28)11-17(2)18(3)20-8-6-5-7-9-20/h5-9,17-18,21-22H,10-15H2,1-4H3/t17?,18-,21?,22?/m1/s1. The number of rotatable bonds is 5. The molecule has 0 bridgehead atoms. The molecule has 0 aromatic heterocycles. The molecule has 160 valence electrons. The number of hydrogen-bond donors (Lipinski definition) is 0. The zero-order valence-corrected chi connectivity index (χ0v) is 18.6. The third-order valence-corrected chi connectivity index (χ3v) is 7.29. The number of carbonyl (C=O) groups is 2. The molecule has 3 aliphatic heterocycles. The van der Waals surface area contributed by atoms with Crippen LogP contribution in [0.15, 0.2) is 46.5 Å². The number of dihydropyridines is 1. The molecule has 2 amide bonds. The minimum atomic E-state index is -0.144. The summed E-state index contributed by atoms with van der Waals surface area (Å²) in [6.45, 7) is 13.2. The van der Waals surface area contributed by atoms with Crippen LogP contribution in [0.1, 0.15) is 45.6 Å². The fraction of sp³-hybridized carbons (Fsp3) is 0.560. The van der Waals surface area contributed by atoms with Crippen LogP contribution in [-0.2, 0) is 9.59 Å². The third kappa shape index (κ3) is 4.13. The van der Waals surface area contributed by atoms with E-state index in [9.17, 15) is 9.59 Å². The van der Waals surface area contributed by atoms with Gasteiger partial charge >= 0.3 is 0 Å². The Morgan fingerprint density at radius 1 is 1.07 bits per heavy atom. The second kappa shape index (κ2) is 8.46. The van der Waals surface area contributed by atoms with Crippen LogP contribution in [0.4, 0.5) is 0 Å². The Morgan fingerprint density at radius 3 is 2.30 bits per heavy atom. The first kappa shape index (κ1) is 21.0. The highest BCUT2D eigenvalue weighted by Gasteiger charge is 2.43. The van der Waals surface area contributed by atoms with E-state index in [1.54, 1.807) is 6.92 Å². The Bertz CT molecular complexity index is 875. The summed E-state index contributed by atoms with van der Waals surface area (Å²) < 4.78 is 0. The predicted octanol–water partition coefficient (Wildman–Crippen LogP) is 3.52. The van der Waals surface area contributed by atoms with E-state index >= 15 is 0 Å². The van der Waals surface area contributed by atoms with Gasteiger partial charge in [-0.25, -0.2) is 4.99 Å². The quantitative estimate of drug-likeness (QED) is 0.750. The lowest BCUT2D eigenvalue weighted by Gasteiger charge is -2.28. The molecule has 4 rings (SSSR count). The van der Waals surface area contributed by atoms with Crippen molar-refractivity contribution in [3.05, 3.63) is 47.0 Å². The topological polar surface area (TPSA) is 53.0 Å². The van der Waals surface area contributed by atoms with Crippen LogP contribution in [0.5, 0.6) is 0 Å². The first-order chi connectivity index (χ1) is 14.3. The molecule has 0 radical (unpaired) electrons. The smallest absolute Gasteiger partial charge is 0.255 e. The lowest BCUT2D eigenvalue weighted by atomic mass is 9.88. The minimum Gasteiger partial charge on any atom is -0.338 e. The minimum absolute atomic E-state index is 0.0632. The number of carbonyl (C=O) groups excluding carboxylic acids is 2. The number of benzene rings is 1. The second-order valence-electron chi connectivity index (χ2n) is 9.55. The molecular weight excluding hydrogens is 374 g/mol. The van der Waals surface area contributed by atoms with Crippen molar-refractivity contribution in [2.24, 2.45) is 22.7 Å². The molecule has 0 aliphatic carbocycles. The van der Waals surface area contributed by atoms with E-state index in [4.69, 9.17) is 0 Å². The van der Waals surface area contributed by atoms with Crippen molar-refractivity contribution in [1.29, 1.82) is 0 Å². The zero-order valence-electron chi connectivity index (χ0n) is 18.6. The summed E-state index contributed by atoms with van der Waals surface area (Å²) in [5.74, 6) is 2.15. The normalized spacial score (nSPS) is 26.6. The highest BCUT2D eigenvalue weighted by molar-refractivity contribution is 6.25.